The molecular weight excluding hydrogens is 188 g/mol. The number of carbonyl (C=O) groups is 2. The van der Waals surface area contributed by atoms with Crippen LogP contribution in [0.25, 0.3) is 0 Å². The number of hydrogen-bond acceptors (Lipinski definition) is 5. The Kier molecular flexibility index (Phi) is 3.88. The van der Waals surface area contributed by atoms with Gasteiger partial charge in [-0.3, -0.25) is 9.59 Å². The molecular formula is C9H14O5. The minimum atomic E-state index is -0.896. The Labute approximate surface area is 82.3 Å². The maximum absolute atomic E-state index is 10.7. The van der Waals surface area contributed by atoms with E-state index in [1.807, 2.05) is 0 Å². The minimum Gasteiger partial charge on any atom is -0.422 e. The molecule has 0 amide bonds. The van der Waals surface area contributed by atoms with E-state index in [4.69, 9.17) is 14.2 Å². The molecule has 0 bridgehead atoms. The maximum atomic E-state index is 10.7. The van der Waals surface area contributed by atoms with Gasteiger partial charge in [0.1, 0.15) is 6.10 Å². The molecule has 5 heteroatoms. The molecule has 1 aliphatic rings. The lowest BCUT2D eigenvalue weighted by Gasteiger charge is -2.21. The number of hydrogen-bond donors (Lipinski definition) is 0. The van der Waals surface area contributed by atoms with Crippen LogP contribution < -0.4 is 0 Å². The minimum absolute atomic E-state index is 0.317. The molecule has 0 saturated carbocycles. The predicted molar refractivity (Wildman–Crippen MR) is 46.3 cm³/mol. The summed E-state index contributed by atoms with van der Waals surface area (Å²) in [6, 6.07) is 0. The number of esters is 2. The van der Waals surface area contributed by atoms with Crippen molar-refractivity contribution < 1.29 is 23.8 Å². The van der Waals surface area contributed by atoms with Gasteiger partial charge in [0, 0.05) is 20.5 Å². The van der Waals surface area contributed by atoms with E-state index in [-0.39, 0.29) is 6.10 Å². The lowest BCUT2D eigenvalue weighted by molar-refractivity contribution is -0.204. The smallest absolute Gasteiger partial charge is 0.305 e. The third kappa shape index (κ3) is 3.33. The van der Waals surface area contributed by atoms with Crippen LogP contribution in [0.15, 0.2) is 0 Å². The van der Waals surface area contributed by atoms with Crippen molar-refractivity contribution in [1.29, 1.82) is 0 Å². The molecule has 1 saturated heterocycles. The quantitative estimate of drug-likeness (QED) is 0.496. The molecule has 80 valence electrons. The Hall–Kier alpha value is -1.10. The van der Waals surface area contributed by atoms with Crippen LogP contribution in [-0.4, -0.2) is 30.9 Å². The number of carbonyl (C=O) groups excluding carboxylic acids is 2. The summed E-state index contributed by atoms with van der Waals surface area (Å²) in [6.07, 6.45) is 0.421. The summed E-state index contributed by atoms with van der Waals surface area (Å²) in [5, 5.41) is 0. The monoisotopic (exact) mass is 202 g/mol. The van der Waals surface area contributed by atoms with Gasteiger partial charge in [0.2, 0.25) is 0 Å². The van der Waals surface area contributed by atoms with Gasteiger partial charge in [0.15, 0.2) is 0 Å². The molecule has 0 aromatic carbocycles. The van der Waals surface area contributed by atoms with Crippen molar-refractivity contribution in [2.75, 3.05) is 6.61 Å². The van der Waals surface area contributed by atoms with Gasteiger partial charge < -0.3 is 14.2 Å². The van der Waals surface area contributed by atoms with Crippen molar-refractivity contribution in [1.82, 2.24) is 0 Å². The first kappa shape index (κ1) is 11.0. The largest absolute Gasteiger partial charge is 0.422 e. The van der Waals surface area contributed by atoms with Gasteiger partial charge in [-0.2, -0.15) is 0 Å². The average molecular weight is 202 g/mol. The fourth-order valence-corrected chi connectivity index (χ4v) is 1.32. The molecule has 0 spiro atoms. The molecule has 0 aliphatic carbocycles. The molecule has 1 fully saturated rings. The van der Waals surface area contributed by atoms with Crippen LogP contribution >= 0.6 is 0 Å². The molecule has 1 atom stereocenters. The summed E-state index contributed by atoms with van der Waals surface area (Å²) in [4.78, 5) is 21.4. The van der Waals surface area contributed by atoms with E-state index in [0.717, 1.165) is 12.8 Å². The van der Waals surface area contributed by atoms with Gasteiger partial charge in [0.05, 0.1) is 0 Å². The van der Waals surface area contributed by atoms with E-state index < -0.39 is 18.2 Å². The van der Waals surface area contributed by atoms with Crippen LogP contribution in [0.4, 0.5) is 0 Å². The van der Waals surface area contributed by atoms with Crippen molar-refractivity contribution in [3.8, 4) is 0 Å². The van der Waals surface area contributed by atoms with Gasteiger partial charge in [-0.15, -0.1) is 0 Å². The second-order valence-electron chi connectivity index (χ2n) is 3.14. The summed E-state index contributed by atoms with van der Waals surface area (Å²) < 4.78 is 14.9. The molecule has 0 aromatic rings. The first-order valence-corrected chi connectivity index (χ1v) is 4.55. The van der Waals surface area contributed by atoms with E-state index in [0.29, 0.717) is 6.61 Å². The van der Waals surface area contributed by atoms with Crippen LogP contribution in [-0.2, 0) is 23.8 Å². The number of ether oxygens (including phenoxy) is 3. The molecule has 0 aromatic heterocycles. The molecule has 0 unspecified atom stereocenters. The van der Waals surface area contributed by atoms with Crippen molar-refractivity contribution in [3.05, 3.63) is 0 Å². The Morgan fingerprint density at radius 1 is 1.29 bits per heavy atom. The Balaban J connectivity index is 2.50. The highest BCUT2D eigenvalue weighted by Crippen LogP contribution is 2.19. The topological polar surface area (TPSA) is 61.8 Å². The van der Waals surface area contributed by atoms with Crippen molar-refractivity contribution in [2.24, 2.45) is 0 Å². The van der Waals surface area contributed by atoms with Gasteiger partial charge in [-0.25, -0.2) is 0 Å². The molecule has 1 aliphatic heterocycles. The normalized spacial score (nSPS) is 20.9. The molecule has 5 nitrogen and oxygen atoms in total. The summed E-state index contributed by atoms with van der Waals surface area (Å²) in [6.45, 7) is 3.15. The van der Waals surface area contributed by atoms with E-state index in [2.05, 4.69) is 0 Å². The van der Waals surface area contributed by atoms with Gasteiger partial charge in [0.25, 0.3) is 6.29 Å². The summed E-state index contributed by atoms with van der Waals surface area (Å²) >= 11 is 0. The summed E-state index contributed by atoms with van der Waals surface area (Å²) in [5.74, 6) is -0.960. The summed E-state index contributed by atoms with van der Waals surface area (Å²) in [7, 11) is 0. The number of rotatable bonds is 3. The zero-order chi connectivity index (χ0) is 10.6. The van der Waals surface area contributed by atoms with Gasteiger partial charge in [-0.1, -0.05) is 0 Å². The van der Waals surface area contributed by atoms with Crippen LogP contribution in [0.1, 0.15) is 26.7 Å². The van der Waals surface area contributed by atoms with Crippen LogP contribution in [0.2, 0.25) is 0 Å². The lowest BCUT2D eigenvalue weighted by atomic mass is 10.2. The average Bonchev–Trinajstić information content (AvgIpc) is 2.52. The fourth-order valence-electron chi connectivity index (χ4n) is 1.32. The van der Waals surface area contributed by atoms with E-state index in [9.17, 15) is 9.59 Å². The second kappa shape index (κ2) is 4.95. The highest BCUT2D eigenvalue weighted by molar-refractivity contribution is 5.68. The van der Waals surface area contributed by atoms with Crippen LogP contribution in [0.3, 0.4) is 0 Å². The molecule has 14 heavy (non-hydrogen) atoms. The zero-order valence-electron chi connectivity index (χ0n) is 8.32. The maximum Gasteiger partial charge on any atom is 0.305 e. The highest BCUT2D eigenvalue weighted by Gasteiger charge is 2.30. The third-order valence-corrected chi connectivity index (χ3v) is 1.83. The predicted octanol–water partition coefficient (Wildman–Crippen LogP) is 0.618. The molecule has 1 heterocycles. The van der Waals surface area contributed by atoms with Crippen molar-refractivity contribution >= 4 is 11.9 Å². The first-order valence-electron chi connectivity index (χ1n) is 4.55. The van der Waals surface area contributed by atoms with E-state index >= 15 is 0 Å². The lowest BCUT2D eigenvalue weighted by Crippen LogP contribution is -2.34. The SMILES string of the molecule is CC(=O)OC(OC(C)=O)[C@H]1CCCO1. The molecule has 0 radical (unpaired) electrons. The molecule has 1 rings (SSSR count). The van der Waals surface area contributed by atoms with Crippen molar-refractivity contribution in [2.45, 2.75) is 39.1 Å². The Bertz CT molecular complexity index is 203. The Morgan fingerprint density at radius 2 is 1.86 bits per heavy atom. The van der Waals surface area contributed by atoms with Crippen LogP contribution in [0, 0.1) is 0 Å². The third-order valence-electron chi connectivity index (χ3n) is 1.83. The fraction of sp³-hybridized carbons (Fsp3) is 0.778. The Morgan fingerprint density at radius 3 is 2.21 bits per heavy atom. The molecule has 0 N–H and O–H groups in total. The first-order chi connectivity index (χ1) is 6.59. The van der Waals surface area contributed by atoms with Gasteiger partial charge >= 0.3 is 11.9 Å². The van der Waals surface area contributed by atoms with Crippen LogP contribution in [0.5, 0.6) is 0 Å². The zero-order valence-corrected chi connectivity index (χ0v) is 8.32. The summed E-state index contributed by atoms with van der Waals surface area (Å²) in [5.41, 5.74) is 0. The van der Waals surface area contributed by atoms with Crippen molar-refractivity contribution in [3.63, 3.8) is 0 Å². The second-order valence-corrected chi connectivity index (χ2v) is 3.14. The highest BCUT2D eigenvalue weighted by atomic mass is 16.7. The standard InChI is InChI=1S/C9H14O5/c1-6(10)13-9(14-7(2)11)8-4-3-5-12-8/h8-9H,3-5H2,1-2H3/t8-/m1/s1. The van der Waals surface area contributed by atoms with E-state index in [1.165, 1.54) is 13.8 Å². The van der Waals surface area contributed by atoms with E-state index in [1.54, 1.807) is 0 Å². The van der Waals surface area contributed by atoms with Gasteiger partial charge in [-0.05, 0) is 12.8 Å².